The summed E-state index contributed by atoms with van der Waals surface area (Å²) in [6.45, 7) is 4.00. The van der Waals surface area contributed by atoms with Gasteiger partial charge in [0.2, 0.25) is 6.41 Å². The van der Waals surface area contributed by atoms with Gasteiger partial charge in [0.15, 0.2) is 0 Å². The Morgan fingerprint density at radius 1 is 1.60 bits per heavy atom. The quantitative estimate of drug-likeness (QED) is 0.408. The largest absolute Gasteiger partial charge is 0.372 e. The van der Waals surface area contributed by atoms with Crippen LogP contribution in [-0.4, -0.2) is 6.41 Å². The average molecular weight is 75.1 g/mol. The summed E-state index contributed by atoms with van der Waals surface area (Å²) in [4.78, 5) is 8.58. The maximum atomic E-state index is 8.58. The zero-order valence-electron chi connectivity index (χ0n) is 3.56. The van der Waals surface area contributed by atoms with E-state index in [0.29, 0.717) is 0 Å². The molecule has 0 unspecified atom stereocenters. The molecule has 0 spiro atoms. The number of hydrogen-bond acceptors (Lipinski definition) is 1. The van der Waals surface area contributed by atoms with Crippen LogP contribution in [0.15, 0.2) is 0 Å². The summed E-state index contributed by atoms with van der Waals surface area (Å²) in [5.41, 5.74) is 4.17. The number of carbonyl (C=O) groups is 1. The van der Waals surface area contributed by atoms with E-state index >= 15 is 0 Å². The zero-order valence-corrected chi connectivity index (χ0v) is 3.56. The molecule has 0 bridgehead atoms. The smallest absolute Gasteiger partial charge is 0.204 e. The van der Waals surface area contributed by atoms with Crippen LogP contribution in [0.3, 0.4) is 0 Å². The molecule has 2 nitrogen and oxygen atoms in total. The van der Waals surface area contributed by atoms with Gasteiger partial charge in [0.25, 0.3) is 0 Å². The maximum absolute atomic E-state index is 8.58. The third-order valence-corrected chi connectivity index (χ3v) is 0. The predicted octanol–water partition coefficient (Wildman–Crippen LogP) is 0.128. The number of hydrogen-bond donors (Lipinski definition) is 1. The van der Waals surface area contributed by atoms with Crippen LogP contribution in [0.2, 0.25) is 0 Å². The van der Waals surface area contributed by atoms with Crippen molar-refractivity contribution in [3.05, 3.63) is 0 Å². The van der Waals surface area contributed by atoms with Gasteiger partial charge in [-0.05, 0) is 0 Å². The molecule has 0 aromatic carbocycles. The van der Waals surface area contributed by atoms with Crippen molar-refractivity contribution >= 4 is 6.41 Å². The van der Waals surface area contributed by atoms with Gasteiger partial charge in [-0.2, -0.15) is 0 Å². The fourth-order valence-corrected chi connectivity index (χ4v) is 0. The van der Waals surface area contributed by atoms with E-state index in [0.717, 1.165) is 0 Å². The number of primary amides is 1. The standard InChI is InChI=1S/C2H6.CH3NO/c1-2;2-1-3/h1-2H3;1H,(H2,2,3). The van der Waals surface area contributed by atoms with Gasteiger partial charge in [0, 0.05) is 0 Å². The number of amides is 1. The van der Waals surface area contributed by atoms with Gasteiger partial charge in [-0.3, -0.25) is 4.79 Å². The lowest BCUT2D eigenvalue weighted by Gasteiger charge is -1.32. The number of carbonyl (C=O) groups excluding carboxylic acids is 1. The number of rotatable bonds is 0. The summed E-state index contributed by atoms with van der Waals surface area (Å²) in [6, 6.07) is 0. The first-order valence-electron chi connectivity index (χ1n) is 1.57. The Bertz CT molecular complexity index is 14.4. The van der Waals surface area contributed by atoms with E-state index in [1.807, 2.05) is 13.8 Å². The molecule has 2 N–H and O–H groups in total. The van der Waals surface area contributed by atoms with Crippen LogP contribution < -0.4 is 5.73 Å². The minimum atomic E-state index is 0.250. The van der Waals surface area contributed by atoms with Gasteiger partial charge in [-0.25, -0.2) is 0 Å². The van der Waals surface area contributed by atoms with Crippen molar-refractivity contribution in [3.63, 3.8) is 0 Å². The third-order valence-electron chi connectivity index (χ3n) is 0. The van der Waals surface area contributed by atoms with Crippen LogP contribution in [-0.2, 0) is 4.79 Å². The molecule has 0 atom stereocenters. The molecule has 1 amide bonds. The van der Waals surface area contributed by atoms with Crippen LogP contribution >= 0.6 is 0 Å². The fraction of sp³-hybridized carbons (Fsp3) is 0.667. The Labute approximate surface area is 32.0 Å². The molecule has 0 fully saturated rings. The lowest BCUT2D eigenvalue weighted by Crippen LogP contribution is -1.82. The van der Waals surface area contributed by atoms with E-state index in [2.05, 4.69) is 5.73 Å². The second-order valence-electron chi connectivity index (χ2n) is 0.136. The van der Waals surface area contributed by atoms with Gasteiger partial charge in [-0.15, -0.1) is 0 Å². The van der Waals surface area contributed by atoms with Crippen molar-refractivity contribution in [3.8, 4) is 0 Å². The summed E-state index contributed by atoms with van der Waals surface area (Å²) >= 11 is 0. The molecular formula is C3H9NO. The van der Waals surface area contributed by atoms with E-state index in [4.69, 9.17) is 4.79 Å². The lowest BCUT2D eigenvalue weighted by molar-refractivity contribution is -0.106. The molecule has 0 aromatic rings. The van der Waals surface area contributed by atoms with Crippen LogP contribution in [0.25, 0.3) is 0 Å². The number of nitrogens with two attached hydrogens (primary N) is 1. The molecule has 0 radical (unpaired) electrons. The highest BCUT2D eigenvalue weighted by Crippen LogP contribution is 1.14. The molecule has 0 rings (SSSR count). The molecule has 0 saturated heterocycles. The second kappa shape index (κ2) is 95.8. The molecule has 5 heavy (non-hydrogen) atoms. The van der Waals surface area contributed by atoms with Crippen molar-refractivity contribution < 1.29 is 4.79 Å². The van der Waals surface area contributed by atoms with E-state index in [1.54, 1.807) is 0 Å². The van der Waals surface area contributed by atoms with Crippen molar-refractivity contribution in [1.29, 1.82) is 0 Å². The van der Waals surface area contributed by atoms with Crippen molar-refractivity contribution in [2.45, 2.75) is 13.8 Å². The van der Waals surface area contributed by atoms with Gasteiger partial charge < -0.3 is 5.73 Å². The monoisotopic (exact) mass is 75.1 g/mol. The molecule has 0 aliphatic heterocycles. The molecule has 32 valence electrons. The Morgan fingerprint density at radius 2 is 1.60 bits per heavy atom. The van der Waals surface area contributed by atoms with Crippen LogP contribution in [0.4, 0.5) is 0 Å². The Hall–Kier alpha value is -0.530. The summed E-state index contributed by atoms with van der Waals surface area (Å²) in [6.07, 6.45) is 0.250. The topological polar surface area (TPSA) is 43.1 Å². The summed E-state index contributed by atoms with van der Waals surface area (Å²) in [5.74, 6) is 0. The van der Waals surface area contributed by atoms with Crippen molar-refractivity contribution in [2.75, 3.05) is 0 Å². The molecule has 0 aliphatic rings. The molecule has 0 saturated carbocycles. The third kappa shape index (κ3) is 26.7. The molecular weight excluding hydrogens is 66.0 g/mol. The fourth-order valence-electron chi connectivity index (χ4n) is 0. The normalized spacial score (nSPS) is 3.60. The maximum Gasteiger partial charge on any atom is 0.204 e. The second-order valence-corrected chi connectivity index (χ2v) is 0.136. The molecule has 0 aromatic heterocycles. The van der Waals surface area contributed by atoms with Crippen LogP contribution in [0.5, 0.6) is 0 Å². The Kier molecular flexibility index (Phi) is 169. The first kappa shape index (κ1) is 8.82. The summed E-state index contributed by atoms with van der Waals surface area (Å²) in [5, 5.41) is 0. The zero-order chi connectivity index (χ0) is 4.71. The van der Waals surface area contributed by atoms with Crippen LogP contribution in [0, 0.1) is 0 Å². The molecule has 2 heteroatoms. The molecule has 0 aliphatic carbocycles. The summed E-state index contributed by atoms with van der Waals surface area (Å²) < 4.78 is 0. The Morgan fingerprint density at radius 3 is 1.60 bits per heavy atom. The van der Waals surface area contributed by atoms with Gasteiger partial charge in [0.1, 0.15) is 0 Å². The lowest BCUT2D eigenvalue weighted by atomic mass is 11.0. The van der Waals surface area contributed by atoms with Gasteiger partial charge >= 0.3 is 0 Å². The van der Waals surface area contributed by atoms with E-state index in [1.165, 1.54) is 0 Å². The highest BCUT2D eigenvalue weighted by Gasteiger charge is 1.19. The van der Waals surface area contributed by atoms with Crippen molar-refractivity contribution in [1.82, 2.24) is 0 Å². The van der Waals surface area contributed by atoms with E-state index in [9.17, 15) is 0 Å². The van der Waals surface area contributed by atoms with Crippen molar-refractivity contribution in [2.24, 2.45) is 5.73 Å². The minimum Gasteiger partial charge on any atom is -0.372 e. The minimum absolute atomic E-state index is 0.250. The van der Waals surface area contributed by atoms with Gasteiger partial charge in [-0.1, -0.05) is 13.8 Å². The molecule has 0 heterocycles. The first-order valence-corrected chi connectivity index (χ1v) is 1.57. The van der Waals surface area contributed by atoms with E-state index in [-0.39, 0.29) is 6.41 Å². The highest BCUT2D eigenvalue weighted by molar-refractivity contribution is 5.42. The predicted molar refractivity (Wildman–Crippen MR) is 21.6 cm³/mol. The summed E-state index contributed by atoms with van der Waals surface area (Å²) in [7, 11) is 0. The SMILES string of the molecule is CC.NC=O. The van der Waals surface area contributed by atoms with Gasteiger partial charge in [0.05, 0.1) is 0 Å². The van der Waals surface area contributed by atoms with E-state index < -0.39 is 0 Å². The average Bonchev–Trinajstić information content (AvgIpc) is 1.46. The highest BCUT2D eigenvalue weighted by atomic mass is 16.1. The Balaban J connectivity index is 0. The first-order chi connectivity index (χ1) is 2.41. The van der Waals surface area contributed by atoms with Crippen LogP contribution in [0.1, 0.15) is 13.8 Å².